The third kappa shape index (κ3) is 4.45. The Kier molecular flexibility index (Phi) is 5.38. The maximum Gasteiger partial charge on any atom is 0.148 e. The van der Waals surface area contributed by atoms with E-state index < -0.39 is 0 Å². The molecule has 0 bridgehead atoms. The first kappa shape index (κ1) is 18.3. The molecule has 27 heavy (non-hydrogen) atoms. The van der Waals surface area contributed by atoms with E-state index in [1.165, 1.54) is 0 Å². The molecule has 1 spiro atoms. The zero-order valence-electron chi connectivity index (χ0n) is 16.1. The average molecular weight is 372 g/mol. The van der Waals surface area contributed by atoms with Gasteiger partial charge in [0.2, 0.25) is 0 Å². The van der Waals surface area contributed by atoms with Gasteiger partial charge in [-0.1, -0.05) is 0 Å². The van der Waals surface area contributed by atoms with E-state index in [0.29, 0.717) is 12.5 Å². The first-order valence-corrected chi connectivity index (χ1v) is 9.56. The second-order valence-electron chi connectivity index (χ2n) is 7.72. The molecule has 4 heterocycles. The number of imidazole rings is 1. The highest BCUT2D eigenvalue weighted by atomic mass is 16.5. The van der Waals surface area contributed by atoms with Gasteiger partial charge in [-0.3, -0.25) is 4.90 Å². The van der Waals surface area contributed by atoms with Crippen LogP contribution in [0.4, 0.5) is 5.82 Å². The summed E-state index contributed by atoms with van der Waals surface area (Å²) in [7, 11) is 2.04. The van der Waals surface area contributed by atoms with Crippen LogP contribution >= 0.6 is 0 Å². The van der Waals surface area contributed by atoms with Gasteiger partial charge in [0.25, 0.3) is 0 Å². The van der Waals surface area contributed by atoms with Crippen LogP contribution in [0.25, 0.3) is 0 Å². The van der Waals surface area contributed by atoms with Crippen molar-refractivity contribution in [1.29, 1.82) is 0 Å². The molecule has 0 saturated carbocycles. The molecule has 2 aliphatic rings. The van der Waals surface area contributed by atoms with Crippen molar-refractivity contribution in [3.05, 3.63) is 36.0 Å². The maximum atomic E-state index is 6.29. The molecule has 2 aromatic rings. The van der Waals surface area contributed by atoms with Crippen LogP contribution in [0, 0.1) is 12.8 Å². The largest absolute Gasteiger partial charge is 0.377 e. The summed E-state index contributed by atoms with van der Waals surface area (Å²) in [5.41, 5.74) is 0.694. The molecule has 0 aromatic carbocycles. The Bertz CT molecular complexity index is 749. The fourth-order valence-corrected chi connectivity index (χ4v) is 3.89. The van der Waals surface area contributed by atoms with Crippen LogP contribution in [-0.4, -0.2) is 69.7 Å². The SMILES string of the molecule is Cc1ccc(NCC2COC3(COCCN(Cc4nccn4C)C3)C2)nn1. The smallest absolute Gasteiger partial charge is 0.148 e. The highest BCUT2D eigenvalue weighted by Crippen LogP contribution is 2.33. The number of hydrogen-bond acceptors (Lipinski definition) is 7. The molecule has 1 N–H and O–H groups in total. The number of aromatic nitrogens is 4. The molecule has 0 radical (unpaired) electrons. The minimum absolute atomic E-state index is 0.229. The summed E-state index contributed by atoms with van der Waals surface area (Å²) in [6, 6.07) is 3.94. The summed E-state index contributed by atoms with van der Waals surface area (Å²) in [5, 5.41) is 11.7. The minimum Gasteiger partial charge on any atom is -0.377 e. The van der Waals surface area contributed by atoms with Crippen LogP contribution in [0.1, 0.15) is 17.9 Å². The standard InChI is InChI=1S/C19H28N6O2/c1-15-3-4-17(23-22-15)21-10-16-9-19(27-12-16)13-25(7-8-26-14-19)11-18-20-5-6-24(18)2/h3-6,16H,7-14H2,1-2H3,(H,21,23). The highest BCUT2D eigenvalue weighted by Gasteiger charge is 2.43. The molecular weight excluding hydrogens is 344 g/mol. The molecule has 146 valence electrons. The molecule has 2 fully saturated rings. The summed E-state index contributed by atoms with van der Waals surface area (Å²) in [6.45, 7) is 7.50. The third-order valence-electron chi connectivity index (χ3n) is 5.37. The number of hydrogen-bond donors (Lipinski definition) is 1. The molecule has 0 aliphatic carbocycles. The summed E-state index contributed by atoms with van der Waals surface area (Å²) in [5.74, 6) is 2.32. The third-order valence-corrected chi connectivity index (χ3v) is 5.37. The summed E-state index contributed by atoms with van der Waals surface area (Å²) in [6.07, 6.45) is 4.82. The van der Waals surface area contributed by atoms with Gasteiger partial charge in [0.15, 0.2) is 0 Å². The Morgan fingerprint density at radius 2 is 2.26 bits per heavy atom. The minimum atomic E-state index is -0.229. The van der Waals surface area contributed by atoms with E-state index >= 15 is 0 Å². The van der Waals surface area contributed by atoms with Crippen molar-refractivity contribution in [3.8, 4) is 0 Å². The predicted molar refractivity (Wildman–Crippen MR) is 101 cm³/mol. The molecule has 0 amide bonds. The van der Waals surface area contributed by atoms with Gasteiger partial charge in [-0.05, 0) is 25.5 Å². The van der Waals surface area contributed by atoms with Gasteiger partial charge >= 0.3 is 0 Å². The number of anilines is 1. The quantitative estimate of drug-likeness (QED) is 0.846. The first-order valence-electron chi connectivity index (χ1n) is 9.56. The van der Waals surface area contributed by atoms with Crippen molar-refractivity contribution in [2.45, 2.75) is 25.5 Å². The zero-order valence-corrected chi connectivity index (χ0v) is 16.1. The second kappa shape index (κ2) is 7.92. The zero-order chi connectivity index (χ0) is 18.7. The number of ether oxygens (including phenoxy) is 2. The Hall–Kier alpha value is -2.03. The van der Waals surface area contributed by atoms with Crippen LogP contribution in [0.2, 0.25) is 0 Å². The average Bonchev–Trinajstić information content (AvgIpc) is 3.18. The molecule has 4 rings (SSSR count). The molecule has 8 heteroatoms. The van der Waals surface area contributed by atoms with Gasteiger partial charge in [-0.25, -0.2) is 4.98 Å². The Labute approximate surface area is 159 Å². The number of nitrogens with zero attached hydrogens (tertiary/aromatic N) is 5. The summed E-state index contributed by atoms with van der Waals surface area (Å²) >= 11 is 0. The van der Waals surface area contributed by atoms with E-state index in [0.717, 1.165) is 63.1 Å². The maximum absolute atomic E-state index is 6.29. The van der Waals surface area contributed by atoms with Gasteiger partial charge < -0.3 is 19.4 Å². The highest BCUT2D eigenvalue weighted by molar-refractivity contribution is 5.32. The van der Waals surface area contributed by atoms with Crippen LogP contribution in [-0.2, 0) is 23.1 Å². The fraction of sp³-hybridized carbons (Fsp3) is 0.632. The Morgan fingerprint density at radius 3 is 3.04 bits per heavy atom. The lowest BCUT2D eigenvalue weighted by molar-refractivity contribution is -0.0564. The molecule has 2 saturated heterocycles. The van der Waals surface area contributed by atoms with E-state index in [1.54, 1.807) is 0 Å². The van der Waals surface area contributed by atoms with Crippen molar-refractivity contribution in [2.75, 3.05) is 44.8 Å². The monoisotopic (exact) mass is 372 g/mol. The molecule has 2 atom stereocenters. The van der Waals surface area contributed by atoms with Crippen LogP contribution in [0.15, 0.2) is 24.5 Å². The molecule has 2 aromatic heterocycles. The Morgan fingerprint density at radius 1 is 1.33 bits per heavy atom. The first-order chi connectivity index (χ1) is 13.1. The van der Waals surface area contributed by atoms with Crippen molar-refractivity contribution in [2.24, 2.45) is 13.0 Å². The van der Waals surface area contributed by atoms with Gasteiger partial charge in [0, 0.05) is 45.0 Å². The second-order valence-corrected chi connectivity index (χ2v) is 7.72. The fourth-order valence-electron chi connectivity index (χ4n) is 3.89. The lowest BCUT2D eigenvalue weighted by Crippen LogP contribution is -2.44. The molecule has 8 nitrogen and oxygen atoms in total. The van der Waals surface area contributed by atoms with E-state index in [9.17, 15) is 0 Å². The van der Waals surface area contributed by atoms with Crippen molar-refractivity contribution < 1.29 is 9.47 Å². The van der Waals surface area contributed by atoms with Gasteiger partial charge in [-0.2, -0.15) is 5.10 Å². The molecule has 2 unspecified atom stereocenters. The topological polar surface area (TPSA) is 77.3 Å². The van der Waals surface area contributed by atoms with Gasteiger partial charge in [0.05, 0.1) is 32.1 Å². The molecular formula is C19H28N6O2. The molecule has 2 aliphatic heterocycles. The Balaban J connectivity index is 1.34. The van der Waals surface area contributed by atoms with Crippen LogP contribution in [0.5, 0.6) is 0 Å². The lowest BCUT2D eigenvalue weighted by Gasteiger charge is -2.31. The lowest BCUT2D eigenvalue weighted by atomic mass is 9.94. The predicted octanol–water partition coefficient (Wildman–Crippen LogP) is 1.24. The summed E-state index contributed by atoms with van der Waals surface area (Å²) in [4.78, 5) is 6.86. The van der Waals surface area contributed by atoms with Crippen molar-refractivity contribution >= 4 is 5.82 Å². The number of aryl methyl sites for hydroxylation is 2. The van der Waals surface area contributed by atoms with Crippen molar-refractivity contribution in [1.82, 2.24) is 24.6 Å². The van der Waals surface area contributed by atoms with E-state index in [4.69, 9.17) is 9.47 Å². The van der Waals surface area contributed by atoms with E-state index in [2.05, 4.69) is 30.0 Å². The van der Waals surface area contributed by atoms with Gasteiger partial charge in [0.1, 0.15) is 17.2 Å². The number of rotatable bonds is 5. The van der Waals surface area contributed by atoms with Gasteiger partial charge in [-0.15, -0.1) is 5.10 Å². The van der Waals surface area contributed by atoms with Crippen LogP contribution < -0.4 is 5.32 Å². The van der Waals surface area contributed by atoms with E-state index in [-0.39, 0.29) is 5.60 Å². The van der Waals surface area contributed by atoms with Crippen LogP contribution in [0.3, 0.4) is 0 Å². The summed E-state index contributed by atoms with van der Waals surface area (Å²) < 4.78 is 14.3. The normalized spacial score (nSPS) is 26.4. The number of nitrogens with one attached hydrogen (secondary N) is 1. The van der Waals surface area contributed by atoms with Crippen molar-refractivity contribution in [3.63, 3.8) is 0 Å². The van der Waals surface area contributed by atoms with E-state index in [1.807, 2.05) is 38.5 Å².